The summed E-state index contributed by atoms with van der Waals surface area (Å²) in [7, 11) is 0. The predicted molar refractivity (Wildman–Crippen MR) is 124 cm³/mol. The third-order valence-electron chi connectivity index (χ3n) is 5.23. The average Bonchev–Trinajstić information content (AvgIpc) is 3.17. The van der Waals surface area contributed by atoms with Crippen LogP contribution in [-0.4, -0.2) is 43.5 Å². The summed E-state index contributed by atoms with van der Waals surface area (Å²) in [6.45, 7) is 1.08. The van der Waals surface area contributed by atoms with Crippen molar-refractivity contribution in [3.63, 3.8) is 0 Å². The van der Waals surface area contributed by atoms with Crippen molar-refractivity contribution in [3.05, 3.63) is 92.6 Å². The van der Waals surface area contributed by atoms with Crippen molar-refractivity contribution < 1.29 is 5.11 Å². The highest BCUT2D eigenvalue weighted by Gasteiger charge is 2.22. The van der Waals surface area contributed by atoms with E-state index in [1.807, 2.05) is 60.7 Å². The smallest absolute Gasteiger partial charge is 0.333 e. The molecule has 4 rings (SSSR count). The van der Waals surface area contributed by atoms with E-state index in [-0.39, 0.29) is 19.7 Å². The maximum absolute atomic E-state index is 13.4. The third kappa shape index (κ3) is 4.20. The van der Waals surface area contributed by atoms with Crippen LogP contribution >= 0.6 is 0 Å². The Labute approximate surface area is 184 Å². The number of benzene rings is 2. The number of aromatic nitrogens is 4. The molecule has 0 radical (unpaired) electrons. The van der Waals surface area contributed by atoms with E-state index >= 15 is 0 Å². The fourth-order valence-corrected chi connectivity index (χ4v) is 3.74. The molecule has 4 N–H and O–H groups in total. The van der Waals surface area contributed by atoms with Gasteiger partial charge in [0.05, 0.1) is 26.2 Å². The molecule has 0 aliphatic carbocycles. The highest BCUT2D eigenvalue weighted by atomic mass is 16.3. The van der Waals surface area contributed by atoms with Crippen LogP contribution in [0.2, 0.25) is 0 Å². The second kappa shape index (κ2) is 9.63. The molecule has 9 heteroatoms. The number of hydrogen-bond donors (Lipinski definition) is 3. The van der Waals surface area contributed by atoms with Gasteiger partial charge >= 0.3 is 5.69 Å². The van der Waals surface area contributed by atoms with Crippen LogP contribution in [0.25, 0.3) is 11.2 Å². The van der Waals surface area contributed by atoms with E-state index in [0.29, 0.717) is 36.7 Å². The second-order valence-corrected chi connectivity index (χ2v) is 7.43. The van der Waals surface area contributed by atoms with Crippen LogP contribution in [0.1, 0.15) is 11.1 Å². The van der Waals surface area contributed by atoms with Crippen LogP contribution < -0.4 is 22.3 Å². The molecule has 0 aliphatic heterocycles. The normalized spacial score (nSPS) is 11.2. The summed E-state index contributed by atoms with van der Waals surface area (Å²) in [4.78, 5) is 31.2. The van der Waals surface area contributed by atoms with E-state index in [4.69, 9.17) is 5.73 Å². The van der Waals surface area contributed by atoms with Crippen LogP contribution in [-0.2, 0) is 19.6 Å². The summed E-state index contributed by atoms with van der Waals surface area (Å²) in [6.07, 6.45) is 0. The van der Waals surface area contributed by atoms with E-state index in [2.05, 4.69) is 10.3 Å². The topological polar surface area (TPSA) is 120 Å². The molecule has 0 spiro atoms. The Morgan fingerprint density at radius 1 is 0.875 bits per heavy atom. The summed E-state index contributed by atoms with van der Waals surface area (Å²) in [5.41, 5.74) is 7.18. The van der Waals surface area contributed by atoms with Crippen molar-refractivity contribution in [1.29, 1.82) is 0 Å². The van der Waals surface area contributed by atoms with Crippen LogP contribution in [0.4, 0.5) is 5.95 Å². The van der Waals surface area contributed by atoms with Gasteiger partial charge in [0.25, 0.3) is 5.56 Å². The highest BCUT2D eigenvalue weighted by Crippen LogP contribution is 2.19. The number of imidazole rings is 1. The Morgan fingerprint density at radius 3 is 2.03 bits per heavy atom. The minimum atomic E-state index is -0.505. The third-order valence-corrected chi connectivity index (χ3v) is 5.23. The number of nitrogens with one attached hydrogen (secondary N) is 1. The first-order valence-corrected chi connectivity index (χ1v) is 10.5. The van der Waals surface area contributed by atoms with Crippen LogP contribution in [0, 0.1) is 0 Å². The minimum Gasteiger partial charge on any atom is -0.395 e. The number of nitrogens with two attached hydrogens (primary N) is 1. The Kier molecular flexibility index (Phi) is 6.48. The summed E-state index contributed by atoms with van der Waals surface area (Å²) in [5.74, 6) is 0.467. The largest absolute Gasteiger partial charge is 0.395 e. The molecule has 32 heavy (non-hydrogen) atoms. The quantitative estimate of drug-likeness (QED) is 0.359. The molecule has 0 aliphatic rings. The Balaban J connectivity index is 1.98. The van der Waals surface area contributed by atoms with Gasteiger partial charge in [-0.15, -0.1) is 0 Å². The average molecular weight is 435 g/mol. The Morgan fingerprint density at radius 2 is 1.47 bits per heavy atom. The molecule has 0 saturated heterocycles. The van der Waals surface area contributed by atoms with Crippen LogP contribution in [0.3, 0.4) is 0 Å². The van der Waals surface area contributed by atoms with E-state index in [9.17, 15) is 14.7 Å². The summed E-state index contributed by atoms with van der Waals surface area (Å²) >= 11 is 0. The summed E-state index contributed by atoms with van der Waals surface area (Å²) < 4.78 is 4.33. The molecule has 2 aromatic heterocycles. The molecule has 2 heterocycles. The van der Waals surface area contributed by atoms with E-state index in [1.165, 1.54) is 4.57 Å². The molecular formula is C23H26N6O3. The van der Waals surface area contributed by atoms with Gasteiger partial charge in [0.1, 0.15) is 0 Å². The first-order valence-electron chi connectivity index (χ1n) is 10.5. The lowest BCUT2D eigenvalue weighted by atomic mass is 10.2. The van der Waals surface area contributed by atoms with Gasteiger partial charge in [-0.05, 0) is 11.1 Å². The van der Waals surface area contributed by atoms with Crippen LogP contribution in [0.15, 0.2) is 70.3 Å². The maximum atomic E-state index is 13.4. The monoisotopic (exact) mass is 434 g/mol. The van der Waals surface area contributed by atoms with E-state index in [1.54, 1.807) is 4.57 Å². The first kappa shape index (κ1) is 21.5. The maximum Gasteiger partial charge on any atom is 0.333 e. The molecule has 0 atom stereocenters. The molecule has 0 bridgehead atoms. The molecule has 9 nitrogen and oxygen atoms in total. The van der Waals surface area contributed by atoms with Gasteiger partial charge < -0.3 is 16.2 Å². The molecule has 4 aromatic rings. The predicted octanol–water partition coefficient (Wildman–Crippen LogP) is 0.819. The van der Waals surface area contributed by atoms with Crippen molar-refractivity contribution in [2.24, 2.45) is 5.73 Å². The minimum absolute atomic E-state index is 0.0928. The number of fused-ring (bicyclic) bond motifs is 1. The Bertz CT molecular complexity index is 1310. The molecule has 2 aromatic carbocycles. The molecule has 0 saturated carbocycles. The Hall–Kier alpha value is -3.69. The number of rotatable bonds is 9. The lowest BCUT2D eigenvalue weighted by Gasteiger charge is -2.13. The lowest BCUT2D eigenvalue weighted by Crippen LogP contribution is -2.41. The second-order valence-electron chi connectivity index (χ2n) is 7.43. The fraction of sp³-hybridized carbons (Fsp3) is 0.261. The molecule has 0 fully saturated rings. The lowest BCUT2D eigenvalue weighted by molar-refractivity contribution is 0.270. The number of nitrogens with zero attached hydrogens (tertiary/aromatic N) is 4. The van der Waals surface area contributed by atoms with Crippen molar-refractivity contribution >= 4 is 17.1 Å². The van der Waals surface area contributed by atoms with Crippen molar-refractivity contribution in [2.45, 2.75) is 19.6 Å². The van der Waals surface area contributed by atoms with Crippen molar-refractivity contribution in [1.82, 2.24) is 18.7 Å². The SMILES string of the molecule is NCCNc1nc2c(c(=O)n(CCO)c(=O)n2Cc2ccccc2)n1Cc1ccccc1. The van der Waals surface area contributed by atoms with Crippen molar-refractivity contribution in [3.8, 4) is 0 Å². The van der Waals surface area contributed by atoms with Gasteiger partial charge in [-0.3, -0.25) is 18.5 Å². The van der Waals surface area contributed by atoms with Crippen LogP contribution in [0.5, 0.6) is 0 Å². The zero-order valence-electron chi connectivity index (χ0n) is 17.6. The number of aliphatic hydroxyl groups is 1. The van der Waals surface area contributed by atoms with E-state index in [0.717, 1.165) is 15.7 Å². The number of anilines is 1. The number of aliphatic hydroxyl groups excluding tert-OH is 1. The van der Waals surface area contributed by atoms with Gasteiger partial charge in [-0.25, -0.2) is 4.79 Å². The van der Waals surface area contributed by atoms with Gasteiger partial charge in [0, 0.05) is 13.1 Å². The van der Waals surface area contributed by atoms with E-state index < -0.39 is 11.2 Å². The zero-order chi connectivity index (χ0) is 22.5. The fourth-order valence-electron chi connectivity index (χ4n) is 3.74. The summed E-state index contributed by atoms with van der Waals surface area (Å²) in [6, 6.07) is 19.2. The summed E-state index contributed by atoms with van der Waals surface area (Å²) in [5, 5.41) is 12.7. The molecule has 0 amide bonds. The number of hydrogen-bond acceptors (Lipinski definition) is 6. The molecule has 166 valence electrons. The standard InChI is InChI=1S/C23H26N6O3/c24-11-12-25-22-26-20-19(28(22)15-17-7-3-1-4-8-17)21(31)27(13-14-30)23(32)29(20)16-18-9-5-2-6-10-18/h1-10,30H,11-16,24H2,(H,25,26). The van der Waals surface area contributed by atoms with Gasteiger partial charge in [-0.2, -0.15) is 4.98 Å². The first-order chi connectivity index (χ1) is 15.6. The van der Waals surface area contributed by atoms with Crippen molar-refractivity contribution in [2.75, 3.05) is 25.0 Å². The molecular weight excluding hydrogens is 408 g/mol. The molecule has 0 unspecified atom stereocenters. The highest BCUT2D eigenvalue weighted by molar-refractivity contribution is 5.74. The zero-order valence-corrected chi connectivity index (χ0v) is 17.6. The van der Waals surface area contributed by atoms with Gasteiger partial charge in [0.15, 0.2) is 11.2 Å². The van der Waals surface area contributed by atoms with Gasteiger partial charge in [-0.1, -0.05) is 60.7 Å². The van der Waals surface area contributed by atoms with Gasteiger partial charge in [0.2, 0.25) is 5.95 Å².